The van der Waals surface area contributed by atoms with E-state index in [9.17, 15) is 0 Å². The monoisotopic (exact) mass is 139 g/mol. The average molecular weight is 139 g/mol. The molecule has 0 aliphatic heterocycles. The molecule has 10 heavy (non-hydrogen) atoms. The summed E-state index contributed by atoms with van der Waals surface area (Å²) >= 11 is 0. The van der Waals surface area contributed by atoms with Gasteiger partial charge in [0.1, 0.15) is 0 Å². The van der Waals surface area contributed by atoms with Gasteiger partial charge in [0, 0.05) is 7.11 Å². The van der Waals surface area contributed by atoms with Crippen LogP contribution in [-0.2, 0) is 4.74 Å². The Kier molecular flexibility index (Phi) is 2.29. The molecule has 1 rings (SSSR count). The van der Waals surface area contributed by atoms with E-state index < -0.39 is 0 Å². The molecule has 0 saturated heterocycles. The van der Waals surface area contributed by atoms with Gasteiger partial charge in [0.15, 0.2) is 0 Å². The van der Waals surface area contributed by atoms with Gasteiger partial charge in [-0.3, -0.25) is 0 Å². The van der Waals surface area contributed by atoms with E-state index in [0.717, 1.165) is 6.61 Å². The van der Waals surface area contributed by atoms with E-state index >= 15 is 0 Å². The quantitative estimate of drug-likeness (QED) is 0.543. The molecule has 1 fully saturated rings. The van der Waals surface area contributed by atoms with Gasteiger partial charge < -0.3 is 9.58 Å². The maximum absolute atomic E-state index is 6.74. The molecular formula is C8H13NO. The van der Waals surface area contributed by atoms with Crippen molar-refractivity contribution >= 4 is 0 Å². The third-order valence-electron chi connectivity index (χ3n) is 2.28. The van der Waals surface area contributed by atoms with Gasteiger partial charge in [-0.25, -0.2) is 6.57 Å². The summed E-state index contributed by atoms with van der Waals surface area (Å²) in [6, 6.07) is 0. The number of methoxy groups -OCH3 is 1. The molecule has 0 radical (unpaired) electrons. The molecule has 0 amide bonds. The Labute approximate surface area is 62.0 Å². The molecule has 0 N–H and O–H groups in total. The van der Waals surface area contributed by atoms with Gasteiger partial charge in [0.25, 0.3) is 0 Å². The van der Waals surface area contributed by atoms with Gasteiger partial charge in [-0.1, -0.05) is 6.42 Å². The van der Waals surface area contributed by atoms with Crippen LogP contribution in [0.1, 0.15) is 19.3 Å². The van der Waals surface area contributed by atoms with E-state index in [-0.39, 0.29) is 5.41 Å². The molecule has 0 bridgehead atoms. The van der Waals surface area contributed by atoms with E-state index in [0.29, 0.717) is 6.54 Å². The highest BCUT2D eigenvalue weighted by molar-refractivity contribution is 4.93. The van der Waals surface area contributed by atoms with Crippen molar-refractivity contribution in [3.8, 4) is 0 Å². The molecule has 0 unspecified atom stereocenters. The SMILES string of the molecule is [C-]#[N+]CC1(COC)CCC1. The van der Waals surface area contributed by atoms with E-state index in [1.807, 2.05) is 0 Å². The van der Waals surface area contributed by atoms with Crippen LogP contribution in [0.5, 0.6) is 0 Å². The molecule has 0 aromatic heterocycles. The number of hydrogen-bond acceptors (Lipinski definition) is 1. The Morgan fingerprint density at radius 1 is 1.60 bits per heavy atom. The van der Waals surface area contributed by atoms with Crippen LogP contribution < -0.4 is 0 Å². The molecular weight excluding hydrogens is 126 g/mol. The summed E-state index contributed by atoms with van der Waals surface area (Å²) in [7, 11) is 1.71. The zero-order valence-electron chi connectivity index (χ0n) is 6.39. The third-order valence-corrected chi connectivity index (χ3v) is 2.28. The van der Waals surface area contributed by atoms with Crippen LogP contribution in [0.3, 0.4) is 0 Å². The van der Waals surface area contributed by atoms with E-state index in [1.165, 1.54) is 19.3 Å². The molecule has 2 heteroatoms. The fourth-order valence-corrected chi connectivity index (χ4v) is 1.50. The Morgan fingerprint density at radius 3 is 2.60 bits per heavy atom. The number of nitrogens with zero attached hydrogens (tertiary/aromatic N) is 1. The summed E-state index contributed by atoms with van der Waals surface area (Å²) in [4.78, 5) is 3.42. The molecule has 0 atom stereocenters. The second kappa shape index (κ2) is 3.03. The minimum Gasteiger partial charge on any atom is -0.384 e. The van der Waals surface area contributed by atoms with Crippen LogP contribution in [0, 0.1) is 12.0 Å². The summed E-state index contributed by atoms with van der Waals surface area (Å²) in [6.07, 6.45) is 3.64. The summed E-state index contributed by atoms with van der Waals surface area (Å²) in [5.41, 5.74) is 0.247. The van der Waals surface area contributed by atoms with E-state index in [2.05, 4.69) is 4.85 Å². The zero-order chi connectivity index (χ0) is 7.45. The molecule has 0 heterocycles. The van der Waals surface area contributed by atoms with Crippen molar-refractivity contribution in [1.29, 1.82) is 0 Å². The van der Waals surface area contributed by atoms with Gasteiger partial charge in [-0.2, -0.15) is 0 Å². The third kappa shape index (κ3) is 1.30. The van der Waals surface area contributed by atoms with Gasteiger partial charge >= 0.3 is 0 Å². The van der Waals surface area contributed by atoms with Gasteiger partial charge in [0.05, 0.1) is 12.0 Å². The zero-order valence-corrected chi connectivity index (χ0v) is 6.39. The Balaban J connectivity index is 2.36. The van der Waals surface area contributed by atoms with Crippen LogP contribution in [0.25, 0.3) is 4.85 Å². The minimum atomic E-state index is 0.247. The minimum absolute atomic E-state index is 0.247. The summed E-state index contributed by atoms with van der Waals surface area (Å²) in [6.45, 7) is 8.17. The molecule has 0 aromatic rings. The normalized spacial score (nSPS) is 21.2. The van der Waals surface area contributed by atoms with Crippen molar-refractivity contribution in [2.45, 2.75) is 19.3 Å². The first-order chi connectivity index (χ1) is 4.83. The van der Waals surface area contributed by atoms with Crippen LogP contribution >= 0.6 is 0 Å². The topological polar surface area (TPSA) is 13.6 Å². The standard InChI is InChI=1S/C8H13NO/c1-9-6-8(7-10-2)4-3-5-8/h3-7H2,2H3. The number of hydrogen-bond donors (Lipinski definition) is 0. The van der Waals surface area contributed by atoms with Crippen molar-refractivity contribution in [1.82, 2.24) is 0 Å². The summed E-state index contributed by atoms with van der Waals surface area (Å²) in [5.74, 6) is 0. The maximum Gasteiger partial charge on any atom is 0.222 e. The predicted molar refractivity (Wildman–Crippen MR) is 39.6 cm³/mol. The van der Waals surface area contributed by atoms with Crippen molar-refractivity contribution in [3.63, 3.8) is 0 Å². The number of rotatable bonds is 3. The van der Waals surface area contributed by atoms with Crippen LogP contribution in [0.4, 0.5) is 0 Å². The highest BCUT2D eigenvalue weighted by Crippen LogP contribution is 2.41. The second-order valence-corrected chi connectivity index (χ2v) is 3.10. The first-order valence-corrected chi connectivity index (χ1v) is 3.65. The van der Waals surface area contributed by atoms with Crippen LogP contribution in [-0.4, -0.2) is 20.3 Å². The first-order valence-electron chi connectivity index (χ1n) is 3.65. The van der Waals surface area contributed by atoms with Gasteiger partial charge in [-0.05, 0) is 12.8 Å². The summed E-state index contributed by atoms with van der Waals surface area (Å²) in [5, 5.41) is 0. The fraction of sp³-hybridized carbons (Fsp3) is 0.875. The molecule has 2 nitrogen and oxygen atoms in total. The van der Waals surface area contributed by atoms with Gasteiger partial charge in [0.2, 0.25) is 6.54 Å². The predicted octanol–water partition coefficient (Wildman–Crippen LogP) is 1.72. The Morgan fingerprint density at radius 2 is 2.30 bits per heavy atom. The second-order valence-electron chi connectivity index (χ2n) is 3.10. The van der Waals surface area contributed by atoms with Crippen LogP contribution in [0.15, 0.2) is 0 Å². The highest BCUT2D eigenvalue weighted by Gasteiger charge is 2.40. The summed E-state index contributed by atoms with van der Waals surface area (Å²) < 4.78 is 5.06. The maximum atomic E-state index is 6.74. The lowest BCUT2D eigenvalue weighted by atomic mass is 9.69. The fourth-order valence-electron chi connectivity index (χ4n) is 1.50. The number of ether oxygens (including phenoxy) is 1. The Bertz CT molecular complexity index is 144. The lowest BCUT2D eigenvalue weighted by Gasteiger charge is -2.36. The van der Waals surface area contributed by atoms with Crippen molar-refractivity contribution in [2.75, 3.05) is 20.3 Å². The van der Waals surface area contributed by atoms with E-state index in [1.54, 1.807) is 7.11 Å². The van der Waals surface area contributed by atoms with Crippen LogP contribution in [0.2, 0.25) is 0 Å². The molecule has 1 saturated carbocycles. The largest absolute Gasteiger partial charge is 0.384 e. The molecule has 1 aliphatic rings. The Hall–Kier alpha value is -0.550. The smallest absolute Gasteiger partial charge is 0.222 e. The van der Waals surface area contributed by atoms with Gasteiger partial charge in [-0.15, -0.1) is 0 Å². The first kappa shape index (κ1) is 7.56. The van der Waals surface area contributed by atoms with Crippen molar-refractivity contribution < 1.29 is 4.74 Å². The lowest BCUT2D eigenvalue weighted by Crippen LogP contribution is -2.36. The molecule has 56 valence electrons. The highest BCUT2D eigenvalue weighted by atomic mass is 16.5. The molecule has 0 spiro atoms. The van der Waals surface area contributed by atoms with Crippen molar-refractivity contribution in [2.24, 2.45) is 5.41 Å². The molecule has 1 aliphatic carbocycles. The average Bonchev–Trinajstić information content (AvgIpc) is 1.84. The lowest BCUT2D eigenvalue weighted by molar-refractivity contribution is 0.0308. The van der Waals surface area contributed by atoms with Crippen molar-refractivity contribution in [3.05, 3.63) is 11.4 Å². The van der Waals surface area contributed by atoms with E-state index in [4.69, 9.17) is 11.3 Å². The molecule has 0 aromatic carbocycles.